The normalized spacial score (nSPS) is 13.0. The summed E-state index contributed by atoms with van der Waals surface area (Å²) in [6.07, 6.45) is 0. The van der Waals surface area contributed by atoms with E-state index < -0.39 is 5.97 Å². The maximum absolute atomic E-state index is 12.2. The molecule has 0 saturated heterocycles. The van der Waals surface area contributed by atoms with E-state index in [4.69, 9.17) is 0 Å². The fraction of sp³-hybridized carbons (Fsp3) is 0.600. The Labute approximate surface area is 130 Å². The third kappa shape index (κ3) is 4.28. The van der Waals surface area contributed by atoms with Crippen LogP contribution in [0.15, 0.2) is 0 Å². The molecule has 1 aromatic rings. The second-order valence-electron chi connectivity index (χ2n) is 6.21. The second-order valence-corrected chi connectivity index (χ2v) is 7.43. The van der Waals surface area contributed by atoms with Crippen LogP contribution in [-0.4, -0.2) is 30.5 Å². The molecule has 0 aliphatic heterocycles. The Morgan fingerprint density at radius 2 is 1.86 bits per heavy atom. The molecule has 1 atom stereocenters. The number of quaternary nitrogens is 1. The third-order valence-corrected chi connectivity index (χ3v) is 4.83. The lowest BCUT2D eigenvalue weighted by atomic mass is 10.1. The van der Waals surface area contributed by atoms with Gasteiger partial charge in [-0.25, -0.2) is 0 Å². The summed E-state index contributed by atoms with van der Waals surface area (Å²) in [7, 11) is 0. The predicted octanol–water partition coefficient (Wildman–Crippen LogP) is 0.370. The standard InChI is InChI=1S/C15H24N2O3S/c1-7-17(15(4,5)6)8-11(18)16-13-12(14(19)20)9(2)10(3)21-13/h7-8H2,1-6H3,(H,16,18)(H,19,20). The number of carbonyl (C=O) groups excluding carboxylic acids is 2. The predicted molar refractivity (Wildman–Crippen MR) is 82.9 cm³/mol. The zero-order valence-corrected chi connectivity index (χ0v) is 14.4. The molecule has 118 valence electrons. The number of carbonyl (C=O) groups is 2. The second kappa shape index (κ2) is 6.58. The molecular formula is C15H24N2O3S. The quantitative estimate of drug-likeness (QED) is 0.825. The molecule has 0 aliphatic carbocycles. The monoisotopic (exact) mass is 312 g/mol. The van der Waals surface area contributed by atoms with Gasteiger partial charge in [0.1, 0.15) is 5.00 Å². The van der Waals surface area contributed by atoms with Crippen molar-refractivity contribution >= 4 is 28.2 Å². The van der Waals surface area contributed by atoms with Crippen LogP contribution >= 0.6 is 11.3 Å². The number of amides is 1. The molecule has 0 fully saturated rings. The molecule has 0 spiro atoms. The van der Waals surface area contributed by atoms with E-state index in [1.165, 1.54) is 11.3 Å². The Kier molecular flexibility index (Phi) is 5.53. The minimum absolute atomic E-state index is 0.0371. The molecule has 5 nitrogen and oxygen atoms in total. The van der Waals surface area contributed by atoms with Crippen LogP contribution in [0.1, 0.15) is 48.5 Å². The van der Waals surface area contributed by atoms with Crippen LogP contribution in [0, 0.1) is 13.8 Å². The average Bonchev–Trinajstić information content (AvgIpc) is 2.60. The average molecular weight is 312 g/mol. The molecule has 6 heteroatoms. The summed E-state index contributed by atoms with van der Waals surface area (Å²) in [4.78, 5) is 25.4. The van der Waals surface area contributed by atoms with E-state index in [1.54, 1.807) is 6.92 Å². The van der Waals surface area contributed by atoms with E-state index in [-0.39, 0.29) is 17.0 Å². The number of anilines is 1. The number of rotatable bonds is 5. The third-order valence-electron chi connectivity index (χ3n) is 3.70. The van der Waals surface area contributed by atoms with Crippen molar-refractivity contribution in [2.24, 2.45) is 0 Å². The Hall–Kier alpha value is -1.40. The minimum Gasteiger partial charge on any atom is -0.545 e. The van der Waals surface area contributed by atoms with Crippen molar-refractivity contribution in [1.29, 1.82) is 0 Å². The number of aryl methyl sites for hydroxylation is 1. The summed E-state index contributed by atoms with van der Waals surface area (Å²) in [6, 6.07) is 0. The first-order valence-electron chi connectivity index (χ1n) is 7.04. The first-order chi connectivity index (χ1) is 9.57. The molecular weight excluding hydrogens is 288 g/mol. The van der Waals surface area contributed by atoms with Crippen molar-refractivity contribution in [2.75, 3.05) is 18.4 Å². The fourth-order valence-electron chi connectivity index (χ4n) is 2.25. The van der Waals surface area contributed by atoms with Crippen molar-refractivity contribution in [2.45, 2.75) is 47.1 Å². The van der Waals surface area contributed by atoms with Gasteiger partial charge in [-0.05, 0) is 47.1 Å². The Morgan fingerprint density at radius 1 is 1.29 bits per heavy atom. The van der Waals surface area contributed by atoms with Crippen molar-refractivity contribution in [3.05, 3.63) is 16.0 Å². The van der Waals surface area contributed by atoms with Gasteiger partial charge in [0, 0.05) is 10.4 Å². The van der Waals surface area contributed by atoms with E-state index >= 15 is 0 Å². The molecule has 0 aliphatic rings. The van der Waals surface area contributed by atoms with Crippen LogP contribution in [0.5, 0.6) is 0 Å². The van der Waals surface area contributed by atoms with E-state index in [9.17, 15) is 14.7 Å². The molecule has 1 rings (SSSR count). The van der Waals surface area contributed by atoms with Crippen LogP contribution < -0.4 is 15.3 Å². The van der Waals surface area contributed by atoms with Gasteiger partial charge in [0.05, 0.1) is 18.1 Å². The van der Waals surface area contributed by atoms with Crippen molar-refractivity contribution in [3.63, 3.8) is 0 Å². The number of nitrogens with one attached hydrogen (secondary N) is 2. The van der Waals surface area contributed by atoms with Gasteiger partial charge < -0.3 is 20.1 Å². The highest BCUT2D eigenvalue weighted by atomic mass is 32.1. The maximum atomic E-state index is 12.2. The number of carboxylic acids is 1. The number of hydrogen-bond acceptors (Lipinski definition) is 4. The molecule has 1 amide bonds. The summed E-state index contributed by atoms with van der Waals surface area (Å²) in [5, 5.41) is 14.3. The Balaban J connectivity index is 2.90. The van der Waals surface area contributed by atoms with E-state index in [0.717, 1.165) is 16.3 Å². The maximum Gasteiger partial charge on any atom is 0.280 e. The molecule has 1 unspecified atom stereocenters. The van der Waals surface area contributed by atoms with Crippen LogP contribution in [-0.2, 0) is 4.79 Å². The summed E-state index contributed by atoms with van der Waals surface area (Å²) < 4.78 is 0. The summed E-state index contributed by atoms with van der Waals surface area (Å²) in [5.74, 6) is -1.42. The van der Waals surface area contributed by atoms with Gasteiger partial charge in [-0.3, -0.25) is 4.79 Å². The van der Waals surface area contributed by atoms with Gasteiger partial charge in [0.15, 0.2) is 6.54 Å². The van der Waals surface area contributed by atoms with Gasteiger partial charge in [-0.15, -0.1) is 11.3 Å². The Morgan fingerprint density at radius 3 is 2.29 bits per heavy atom. The summed E-state index contributed by atoms with van der Waals surface area (Å²) in [5.41, 5.74) is 0.718. The van der Waals surface area contributed by atoms with Crippen LogP contribution in [0.2, 0.25) is 0 Å². The molecule has 0 radical (unpaired) electrons. The lowest BCUT2D eigenvalue weighted by Gasteiger charge is -2.30. The first kappa shape index (κ1) is 17.7. The van der Waals surface area contributed by atoms with Gasteiger partial charge in [-0.2, -0.15) is 0 Å². The number of hydrogen-bond donors (Lipinski definition) is 2. The van der Waals surface area contributed by atoms with Gasteiger partial charge >= 0.3 is 0 Å². The van der Waals surface area contributed by atoms with Crippen LogP contribution in [0.25, 0.3) is 0 Å². The largest absolute Gasteiger partial charge is 0.545 e. The topological polar surface area (TPSA) is 73.7 Å². The van der Waals surface area contributed by atoms with Crippen LogP contribution in [0.4, 0.5) is 5.00 Å². The number of likely N-dealkylation sites (N-methyl/N-ethyl adjacent to an activating group) is 1. The molecule has 0 aromatic carbocycles. The summed E-state index contributed by atoms with van der Waals surface area (Å²) in [6.45, 7) is 12.9. The molecule has 1 aromatic heterocycles. The highest BCUT2D eigenvalue weighted by Crippen LogP contribution is 2.31. The summed E-state index contributed by atoms with van der Waals surface area (Å²) >= 11 is 1.28. The highest BCUT2D eigenvalue weighted by Gasteiger charge is 2.26. The molecule has 1 heterocycles. The van der Waals surface area contributed by atoms with Gasteiger partial charge in [0.25, 0.3) is 5.91 Å². The number of carboxylic acid groups (broad SMARTS) is 1. The number of thiophene rings is 1. The van der Waals surface area contributed by atoms with Crippen molar-refractivity contribution in [3.8, 4) is 0 Å². The molecule has 0 saturated carbocycles. The molecule has 0 bridgehead atoms. The lowest BCUT2D eigenvalue weighted by molar-refractivity contribution is -0.937. The number of aromatic carboxylic acids is 1. The van der Waals surface area contributed by atoms with Crippen molar-refractivity contribution in [1.82, 2.24) is 0 Å². The SMILES string of the molecule is CC[NH+](CC(=O)Nc1sc(C)c(C)c1C(=O)[O-])C(C)(C)C. The molecule has 21 heavy (non-hydrogen) atoms. The molecule has 2 N–H and O–H groups in total. The minimum atomic E-state index is -1.25. The zero-order chi connectivity index (χ0) is 16.4. The fourth-order valence-corrected chi connectivity index (χ4v) is 3.31. The lowest BCUT2D eigenvalue weighted by Crippen LogP contribution is -3.19. The first-order valence-corrected chi connectivity index (χ1v) is 7.85. The van der Waals surface area contributed by atoms with Crippen LogP contribution in [0.3, 0.4) is 0 Å². The van der Waals surface area contributed by atoms with Gasteiger partial charge in [-0.1, -0.05) is 0 Å². The van der Waals surface area contributed by atoms with E-state index in [2.05, 4.69) is 26.1 Å². The Bertz CT molecular complexity index is 544. The smallest absolute Gasteiger partial charge is 0.280 e. The highest BCUT2D eigenvalue weighted by molar-refractivity contribution is 7.16. The van der Waals surface area contributed by atoms with E-state index in [0.29, 0.717) is 17.1 Å². The zero-order valence-electron chi connectivity index (χ0n) is 13.5. The van der Waals surface area contributed by atoms with Crippen molar-refractivity contribution < 1.29 is 19.6 Å². The van der Waals surface area contributed by atoms with Gasteiger partial charge in [0.2, 0.25) is 0 Å². The van der Waals surface area contributed by atoms with E-state index in [1.807, 2.05) is 13.8 Å².